The van der Waals surface area contributed by atoms with Gasteiger partial charge in [-0.1, -0.05) is 179 Å². The molecule has 0 spiro atoms. The van der Waals surface area contributed by atoms with Crippen molar-refractivity contribution in [2.75, 3.05) is 4.90 Å². The van der Waals surface area contributed by atoms with Gasteiger partial charge < -0.3 is 4.90 Å². The van der Waals surface area contributed by atoms with Gasteiger partial charge in [-0.3, -0.25) is 0 Å². The Morgan fingerprint density at radius 3 is 1.61 bits per heavy atom. The van der Waals surface area contributed by atoms with Gasteiger partial charge in [-0.15, -0.1) is 0 Å². The Balaban J connectivity index is 1.09. The lowest BCUT2D eigenvalue weighted by molar-refractivity contribution is 0.660. The molecule has 0 unspecified atom stereocenters. The fraction of sp³-hybridized carbons (Fsp3) is 0.107. The third-order valence-corrected chi connectivity index (χ3v) is 13.0. The molecule has 11 rings (SSSR count). The standard InChI is InChI=1S/C56H43N/c1-55(2)49-22-11-9-19-46(49)47-33-28-39(34-51(47)55)36-24-29-41(30-25-36)57(42-31-26-38(27-32-42)44-21-13-16-37-14-5-7-17-43(37)44)52-35-40-15-6-8-18-45(40)54-53(52)48-20-10-12-23-50(48)56(54,3)4/h5-35H,1-4H3. The second kappa shape index (κ2) is 12.4. The molecule has 1 nitrogen and oxygen atoms in total. The third kappa shape index (κ3) is 5.02. The van der Waals surface area contributed by atoms with Crippen LogP contribution in [0.4, 0.5) is 17.1 Å². The van der Waals surface area contributed by atoms with E-state index in [0.717, 1.165) is 11.4 Å². The molecule has 0 radical (unpaired) electrons. The summed E-state index contributed by atoms with van der Waals surface area (Å²) in [6.07, 6.45) is 0. The fourth-order valence-electron chi connectivity index (χ4n) is 10.2. The maximum atomic E-state index is 2.49. The van der Waals surface area contributed by atoms with Crippen LogP contribution in [0.1, 0.15) is 49.9 Å². The molecule has 0 bridgehead atoms. The Kier molecular flexibility index (Phi) is 7.32. The molecule has 0 atom stereocenters. The lowest BCUT2D eigenvalue weighted by atomic mass is 9.80. The molecule has 272 valence electrons. The molecule has 0 amide bonds. The number of nitrogens with zero attached hydrogens (tertiary/aromatic N) is 1. The van der Waals surface area contributed by atoms with Crippen molar-refractivity contribution in [1.82, 2.24) is 0 Å². The van der Waals surface area contributed by atoms with Crippen LogP contribution in [0.25, 0.3) is 66.1 Å². The smallest absolute Gasteiger partial charge is 0.0549 e. The van der Waals surface area contributed by atoms with Crippen molar-refractivity contribution >= 4 is 38.6 Å². The van der Waals surface area contributed by atoms with E-state index in [-0.39, 0.29) is 10.8 Å². The van der Waals surface area contributed by atoms with Crippen molar-refractivity contribution in [2.45, 2.75) is 38.5 Å². The van der Waals surface area contributed by atoms with E-state index in [2.05, 4.69) is 221 Å². The van der Waals surface area contributed by atoms with E-state index in [1.165, 1.54) is 94.0 Å². The van der Waals surface area contributed by atoms with Crippen molar-refractivity contribution in [2.24, 2.45) is 0 Å². The second-order valence-electron chi connectivity index (χ2n) is 16.9. The summed E-state index contributed by atoms with van der Waals surface area (Å²) in [5.41, 5.74) is 19.1. The van der Waals surface area contributed by atoms with Crippen LogP contribution in [0.3, 0.4) is 0 Å². The van der Waals surface area contributed by atoms with Crippen LogP contribution in [0.2, 0.25) is 0 Å². The van der Waals surface area contributed by atoms with Crippen LogP contribution in [0.15, 0.2) is 188 Å². The summed E-state index contributed by atoms with van der Waals surface area (Å²) in [5, 5.41) is 5.10. The summed E-state index contributed by atoms with van der Waals surface area (Å²) in [7, 11) is 0. The van der Waals surface area contributed by atoms with E-state index in [1.54, 1.807) is 0 Å². The average Bonchev–Trinajstić information content (AvgIpc) is 3.64. The van der Waals surface area contributed by atoms with Gasteiger partial charge in [0, 0.05) is 27.8 Å². The van der Waals surface area contributed by atoms with Crippen LogP contribution in [-0.4, -0.2) is 0 Å². The third-order valence-electron chi connectivity index (χ3n) is 13.0. The first kappa shape index (κ1) is 33.6. The van der Waals surface area contributed by atoms with Gasteiger partial charge in [-0.05, 0) is 119 Å². The molecule has 57 heavy (non-hydrogen) atoms. The van der Waals surface area contributed by atoms with Gasteiger partial charge in [0.1, 0.15) is 0 Å². The lowest BCUT2D eigenvalue weighted by Gasteiger charge is -2.30. The topological polar surface area (TPSA) is 3.24 Å². The zero-order chi connectivity index (χ0) is 38.5. The van der Waals surface area contributed by atoms with E-state index in [0.29, 0.717) is 0 Å². The number of fused-ring (bicyclic) bond motifs is 9. The Morgan fingerprint density at radius 1 is 0.351 bits per heavy atom. The maximum Gasteiger partial charge on any atom is 0.0549 e. The van der Waals surface area contributed by atoms with Gasteiger partial charge in [0.05, 0.1) is 5.69 Å². The summed E-state index contributed by atoms with van der Waals surface area (Å²) in [6, 6.07) is 70.0. The maximum absolute atomic E-state index is 2.49. The average molecular weight is 730 g/mol. The first-order valence-electron chi connectivity index (χ1n) is 20.2. The van der Waals surface area contributed by atoms with Crippen LogP contribution < -0.4 is 4.90 Å². The summed E-state index contributed by atoms with van der Waals surface area (Å²) >= 11 is 0. The molecule has 1 heteroatoms. The minimum absolute atomic E-state index is 0.0442. The molecule has 2 aliphatic carbocycles. The number of benzene rings is 9. The van der Waals surface area contributed by atoms with Crippen LogP contribution in [0.5, 0.6) is 0 Å². The highest BCUT2D eigenvalue weighted by molar-refractivity contribution is 6.06. The van der Waals surface area contributed by atoms with E-state index in [1.807, 2.05) is 0 Å². The minimum atomic E-state index is -0.156. The normalized spacial score (nSPS) is 14.2. The second-order valence-corrected chi connectivity index (χ2v) is 16.9. The largest absolute Gasteiger partial charge is 0.310 e. The van der Waals surface area contributed by atoms with E-state index < -0.39 is 0 Å². The number of hydrogen-bond donors (Lipinski definition) is 0. The zero-order valence-electron chi connectivity index (χ0n) is 32.8. The zero-order valence-corrected chi connectivity index (χ0v) is 32.8. The fourth-order valence-corrected chi connectivity index (χ4v) is 10.2. The Labute approximate surface area is 335 Å². The lowest BCUT2D eigenvalue weighted by Crippen LogP contribution is -2.16. The van der Waals surface area contributed by atoms with Crippen molar-refractivity contribution in [3.05, 3.63) is 210 Å². The quantitative estimate of drug-likeness (QED) is 0.170. The number of anilines is 3. The molecule has 0 aliphatic heterocycles. The molecular weight excluding hydrogens is 687 g/mol. The highest BCUT2D eigenvalue weighted by Gasteiger charge is 2.40. The molecule has 0 fully saturated rings. The summed E-state index contributed by atoms with van der Waals surface area (Å²) in [6.45, 7) is 9.50. The number of hydrogen-bond acceptors (Lipinski definition) is 1. The molecule has 0 N–H and O–H groups in total. The first-order valence-corrected chi connectivity index (χ1v) is 20.2. The van der Waals surface area contributed by atoms with E-state index in [4.69, 9.17) is 0 Å². The Bertz CT molecular complexity index is 3050. The first-order chi connectivity index (χ1) is 27.8. The van der Waals surface area contributed by atoms with Crippen molar-refractivity contribution in [3.63, 3.8) is 0 Å². The molecule has 2 aliphatic rings. The van der Waals surface area contributed by atoms with Crippen LogP contribution >= 0.6 is 0 Å². The van der Waals surface area contributed by atoms with Crippen LogP contribution in [-0.2, 0) is 10.8 Å². The monoisotopic (exact) mass is 729 g/mol. The molecule has 0 heterocycles. The predicted molar refractivity (Wildman–Crippen MR) is 242 cm³/mol. The molecular formula is C56H43N. The van der Waals surface area contributed by atoms with Crippen molar-refractivity contribution in [1.29, 1.82) is 0 Å². The van der Waals surface area contributed by atoms with Crippen LogP contribution in [0, 0.1) is 0 Å². The van der Waals surface area contributed by atoms with Gasteiger partial charge in [0.2, 0.25) is 0 Å². The summed E-state index contributed by atoms with van der Waals surface area (Å²) in [4.78, 5) is 2.49. The van der Waals surface area contributed by atoms with Crippen molar-refractivity contribution < 1.29 is 0 Å². The molecule has 9 aromatic carbocycles. The van der Waals surface area contributed by atoms with E-state index in [9.17, 15) is 0 Å². The molecule has 0 saturated carbocycles. The SMILES string of the molecule is CC1(C)c2ccccc2-c2ccc(-c3ccc(N(c4ccc(-c5cccc6ccccc56)cc4)c4cc5ccccc5c5c4-c4ccccc4C5(C)C)cc3)cc21. The molecule has 0 aromatic heterocycles. The highest BCUT2D eigenvalue weighted by atomic mass is 15.1. The van der Waals surface area contributed by atoms with Gasteiger partial charge in [0.25, 0.3) is 0 Å². The Morgan fingerprint density at radius 2 is 0.877 bits per heavy atom. The Hall–Kier alpha value is -6.70. The molecule has 0 saturated heterocycles. The van der Waals surface area contributed by atoms with Gasteiger partial charge >= 0.3 is 0 Å². The van der Waals surface area contributed by atoms with Gasteiger partial charge in [0.15, 0.2) is 0 Å². The van der Waals surface area contributed by atoms with Crippen molar-refractivity contribution in [3.8, 4) is 44.5 Å². The highest BCUT2D eigenvalue weighted by Crippen LogP contribution is 2.57. The van der Waals surface area contributed by atoms with Gasteiger partial charge in [-0.25, -0.2) is 0 Å². The summed E-state index contributed by atoms with van der Waals surface area (Å²) < 4.78 is 0. The van der Waals surface area contributed by atoms with E-state index >= 15 is 0 Å². The summed E-state index contributed by atoms with van der Waals surface area (Å²) in [5.74, 6) is 0. The number of rotatable bonds is 5. The minimum Gasteiger partial charge on any atom is -0.310 e. The molecule has 9 aromatic rings. The van der Waals surface area contributed by atoms with Gasteiger partial charge in [-0.2, -0.15) is 0 Å². The predicted octanol–water partition coefficient (Wildman–Crippen LogP) is 15.4.